The van der Waals surface area contributed by atoms with Crippen molar-refractivity contribution in [1.29, 1.82) is 0 Å². The molecule has 2 aliphatic rings. The molecule has 0 N–H and O–H groups in total. The molecule has 1 spiro atoms. The van der Waals surface area contributed by atoms with Crippen LogP contribution in [0.1, 0.15) is 25.3 Å². The molecule has 138 valence electrons. The molecule has 1 aromatic rings. The number of nitrogens with zero attached hydrogens (tertiary/aromatic N) is 2. The van der Waals surface area contributed by atoms with Crippen molar-refractivity contribution in [2.45, 2.75) is 26.3 Å². The van der Waals surface area contributed by atoms with Crippen molar-refractivity contribution < 1.29 is 13.9 Å². The van der Waals surface area contributed by atoms with Gasteiger partial charge in [0.1, 0.15) is 5.82 Å². The highest BCUT2D eigenvalue weighted by atomic mass is 35.5. The van der Waals surface area contributed by atoms with Crippen LogP contribution in [0.15, 0.2) is 18.2 Å². The summed E-state index contributed by atoms with van der Waals surface area (Å²) in [5.74, 6) is 0.285. The number of hydrogen-bond acceptors (Lipinski definition) is 3. The number of benzene rings is 1. The second-order valence-corrected chi connectivity index (χ2v) is 7.86. The Kier molecular flexibility index (Phi) is 5.66. The number of rotatable bonds is 4. The molecule has 4 nitrogen and oxygen atoms in total. The predicted molar refractivity (Wildman–Crippen MR) is 96.0 cm³/mol. The molecule has 0 aromatic heterocycles. The maximum absolute atomic E-state index is 14.0. The van der Waals surface area contributed by atoms with E-state index in [0.29, 0.717) is 29.7 Å². The van der Waals surface area contributed by atoms with Gasteiger partial charge in [0.15, 0.2) is 0 Å². The van der Waals surface area contributed by atoms with E-state index in [4.69, 9.17) is 16.3 Å². The zero-order valence-corrected chi connectivity index (χ0v) is 15.7. The summed E-state index contributed by atoms with van der Waals surface area (Å²) < 4.78 is 19.4. The van der Waals surface area contributed by atoms with E-state index in [2.05, 4.69) is 4.90 Å². The van der Waals surface area contributed by atoms with E-state index in [1.54, 1.807) is 26.2 Å². The average molecular weight is 369 g/mol. The summed E-state index contributed by atoms with van der Waals surface area (Å²) in [4.78, 5) is 16.1. The highest BCUT2D eigenvalue weighted by Gasteiger charge is 2.48. The minimum Gasteiger partial charge on any atom is -0.384 e. The predicted octanol–water partition coefficient (Wildman–Crippen LogP) is 3.19. The van der Waals surface area contributed by atoms with Crippen molar-refractivity contribution in [3.63, 3.8) is 0 Å². The van der Waals surface area contributed by atoms with Crippen LogP contribution in [0.2, 0.25) is 5.02 Å². The molecular weight excluding hydrogens is 343 g/mol. The lowest BCUT2D eigenvalue weighted by Gasteiger charge is -2.42. The summed E-state index contributed by atoms with van der Waals surface area (Å²) in [5, 5.41) is 0.427. The molecule has 0 aliphatic carbocycles. The largest absolute Gasteiger partial charge is 0.384 e. The van der Waals surface area contributed by atoms with E-state index in [1.165, 1.54) is 6.07 Å². The van der Waals surface area contributed by atoms with Gasteiger partial charge in [-0.25, -0.2) is 4.39 Å². The fraction of sp³-hybridized carbons (Fsp3) is 0.632. The molecule has 2 saturated heterocycles. The maximum atomic E-state index is 14.0. The monoisotopic (exact) mass is 368 g/mol. The number of carbonyl (C=O) groups is 1. The molecule has 2 aliphatic heterocycles. The summed E-state index contributed by atoms with van der Waals surface area (Å²) in [6, 6.07) is 4.88. The van der Waals surface area contributed by atoms with Crippen molar-refractivity contribution in [3.8, 4) is 0 Å². The Morgan fingerprint density at radius 2 is 2.12 bits per heavy atom. The fourth-order valence-electron chi connectivity index (χ4n) is 4.32. The Hall–Kier alpha value is -1.17. The van der Waals surface area contributed by atoms with Crippen LogP contribution in [-0.4, -0.2) is 55.6 Å². The molecule has 3 rings (SSSR count). The molecule has 0 bridgehead atoms. The molecule has 0 saturated carbocycles. The van der Waals surface area contributed by atoms with Crippen LogP contribution >= 0.6 is 11.6 Å². The van der Waals surface area contributed by atoms with Crippen LogP contribution in [0.25, 0.3) is 0 Å². The summed E-state index contributed by atoms with van der Waals surface area (Å²) in [6.07, 6.45) is 2.03. The fourth-order valence-corrected chi connectivity index (χ4v) is 4.48. The number of ether oxygens (including phenoxy) is 1. The zero-order valence-electron chi connectivity index (χ0n) is 14.9. The summed E-state index contributed by atoms with van der Waals surface area (Å²) >= 11 is 5.83. The molecule has 1 amide bonds. The third-order valence-corrected chi connectivity index (χ3v) is 6.12. The van der Waals surface area contributed by atoms with Crippen molar-refractivity contribution in [2.24, 2.45) is 11.3 Å². The van der Waals surface area contributed by atoms with Crippen LogP contribution in [0, 0.1) is 17.2 Å². The minimum absolute atomic E-state index is 0.136. The lowest BCUT2D eigenvalue weighted by Crippen LogP contribution is -2.45. The highest BCUT2D eigenvalue weighted by molar-refractivity contribution is 6.30. The Morgan fingerprint density at radius 1 is 1.40 bits per heavy atom. The quantitative estimate of drug-likeness (QED) is 0.818. The number of piperidine rings is 1. The molecule has 1 aromatic carbocycles. The number of amides is 1. The van der Waals surface area contributed by atoms with Gasteiger partial charge in [-0.1, -0.05) is 17.7 Å². The lowest BCUT2D eigenvalue weighted by molar-refractivity contribution is -0.128. The van der Waals surface area contributed by atoms with E-state index in [9.17, 15) is 9.18 Å². The Morgan fingerprint density at radius 3 is 2.72 bits per heavy atom. The number of methoxy groups -OCH3 is 1. The molecule has 2 fully saturated rings. The van der Waals surface area contributed by atoms with Crippen molar-refractivity contribution >= 4 is 17.5 Å². The van der Waals surface area contributed by atoms with Crippen molar-refractivity contribution in [1.82, 2.24) is 9.80 Å². The third-order valence-electron chi connectivity index (χ3n) is 5.89. The van der Waals surface area contributed by atoms with E-state index in [-0.39, 0.29) is 17.1 Å². The van der Waals surface area contributed by atoms with Gasteiger partial charge in [-0.15, -0.1) is 0 Å². The Labute approximate surface area is 153 Å². The van der Waals surface area contributed by atoms with E-state index < -0.39 is 0 Å². The van der Waals surface area contributed by atoms with Crippen LogP contribution in [-0.2, 0) is 16.1 Å². The van der Waals surface area contributed by atoms with E-state index in [1.807, 2.05) is 4.90 Å². The first kappa shape index (κ1) is 18.6. The Bertz CT molecular complexity index is 632. The first-order valence-corrected chi connectivity index (χ1v) is 9.22. The SMILES string of the molecule is COC[C@H]1CN(C(C)=O)CC12CCN(Cc1ccc(Cl)cc1F)CC2. The van der Waals surface area contributed by atoms with Gasteiger partial charge >= 0.3 is 0 Å². The van der Waals surface area contributed by atoms with Gasteiger partial charge < -0.3 is 9.64 Å². The van der Waals surface area contributed by atoms with Crippen LogP contribution in [0.4, 0.5) is 4.39 Å². The average Bonchev–Trinajstić information content (AvgIpc) is 2.91. The van der Waals surface area contributed by atoms with E-state index >= 15 is 0 Å². The van der Waals surface area contributed by atoms with E-state index in [0.717, 1.165) is 39.0 Å². The molecular formula is C19H26ClFN2O2. The summed E-state index contributed by atoms with van der Waals surface area (Å²) in [7, 11) is 1.72. The van der Waals surface area contributed by atoms with Gasteiger partial charge in [-0.2, -0.15) is 0 Å². The standard InChI is InChI=1S/C19H26ClFN2O2/c1-14(24)23-11-16(12-25-2)19(13-23)5-7-22(8-6-19)10-15-3-4-17(20)9-18(15)21/h3-4,9,16H,5-8,10-13H2,1-2H3/t16-/m1/s1. The second-order valence-electron chi connectivity index (χ2n) is 7.43. The summed E-state index contributed by atoms with van der Waals surface area (Å²) in [5.41, 5.74) is 0.821. The zero-order chi connectivity index (χ0) is 18.0. The smallest absolute Gasteiger partial charge is 0.219 e. The molecule has 0 unspecified atom stereocenters. The van der Waals surface area contributed by atoms with Gasteiger partial charge in [0.2, 0.25) is 5.91 Å². The first-order valence-electron chi connectivity index (χ1n) is 8.84. The molecule has 0 radical (unpaired) electrons. The third kappa shape index (κ3) is 3.99. The van der Waals surface area contributed by atoms with Crippen LogP contribution in [0.3, 0.4) is 0 Å². The number of likely N-dealkylation sites (tertiary alicyclic amines) is 2. The first-order chi connectivity index (χ1) is 11.9. The van der Waals surface area contributed by atoms with Gasteiger partial charge in [0.25, 0.3) is 0 Å². The lowest BCUT2D eigenvalue weighted by atomic mass is 9.71. The molecule has 6 heteroatoms. The Balaban J connectivity index is 1.64. The van der Waals surface area contributed by atoms with Gasteiger partial charge in [0, 0.05) is 50.2 Å². The topological polar surface area (TPSA) is 32.8 Å². The molecule has 25 heavy (non-hydrogen) atoms. The molecule has 2 heterocycles. The van der Waals surface area contributed by atoms with Crippen LogP contribution in [0.5, 0.6) is 0 Å². The number of halogens is 2. The highest BCUT2D eigenvalue weighted by Crippen LogP contribution is 2.45. The van der Waals surface area contributed by atoms with Crippen molar-refractivity contribution in [3.05, 3.63) is 34.6 Å². The normalized spacial score (nSPS) is 23.4. The van der Waals surface area contributed by atoms with Gasteiger partial charge in [0.05, 0.1) is 6.61 Å². The summed E-state index contributed by atoms with van der Waals surface area (Å²) in [6.45, 7) is 6.36. The van der Waals surface area contributed by atoms with Gasteiger partial charge in [-0.05, 0) is 43.5 Å². The van der Waals surface area contributed by atoms with Gasteiger partial charge in [-0.3, -0.25) is 9.69 Å². The number of hydrogen-bond donors (Lipinski definition) is 0. The second kappa shape index (κ2) is 7.60. The van der Waals surface area contributed by atoms with Crippen LogP contribution < -0.4 is 0 Å². The van der Waals surface area contributed by atoms with Crippen molar-refractivity contribution in [2.75, 3.05) is 39.9 Å². The minimum atomic E-state index is -0.242. The maximum Gasteiger partial charge on any atom is 0.219 e. The number of carbonyl (C=O) groups excluding carboxylic acids is 1. The molecule has 1 atom stereocenters.